The molecule has 1 amide bonds. The summed E-state index contributed by atoms with van der Waals surface area (Å²) in [6.45, 7) is 1.12. The maximum Gasteiger partial charge on any atom is 0.257 e. The standard InChI is InChI=1S/C21H20ClN3O3S/c1-28-18-5-4-15(22)9-16(18)21(27)25-7-2-3-13(11-25)20-23-17(10-19(26)24-20)14-6-8-29-12-14/h4-6,8-10,12-13H,2-3,7,11H2,1H3,(H,23,24,26)/t13-/m1/s1. The van der Waals surface area contributed by atoms with Crippen molar-refractivity contribution in [3.05, 3.63) is 67.9 Å². The molecule has 1 aromatic carbocycles. The first-order valence-electron chi connectivity index (χ1n) is 9.32. The van der Waals surface area contributed by atoms with Gasteiger partial charge in [-0.05, 0) is 42.5 Å². The number of benzene rings is 1. The van der Waals surface area contributed by atoms with Crippen LogP contribution in [0.1, 0.15) is 34.9 Å². The molecule has 1 fully saturated rings. The van der Waals surface area contributed by atoms with Gasteiger partial charge in [0.1, 0.15) is 11.6 Å². The Bertz CT molecular complexity index is 1080. The molecule has 1 saturated heterocycles. The van der Waals surface area contributed by atoms with Gasteiger partial charge in [-0.2, -0.15) is 11.3 Å². The Balaban J connectivity index is 1.60. The zero-order chi connectivity index (χ0) is 20.4. The normalized spacial score (nSPS) is 16.6. The maximum atomic E-state index is 13.1. The fourth-order valence-corrected chi connectivity index (χ4v) is 4.45. The lowest BCUT2D eigenvalue weighted by Gasteiger charge is -2.32. The van der Waals surface area contributed by atoms with Crippen LogP contribution < -0.4 is 10.3 Å². The number of hydrogen-bond acceptors (Lipinski definition) is 5. The summed E-state index contributed by atoms with van der Waals surface area (Å²) < 4.78 is 5.33. The van der Waals surface area contributed by atoms with Crippen LogP contribution in [0.3, 0.4) is 0 Å². The zero-order valence-corrected chi connectivity index (χ0v) is 17.4. The van der Waals surface area contributed by atoms with E-state index >= 15 is 0 Å². The number of piperidine rings is 1. The molecule has 1 aliphatic rings. The molecule has 3 aromatic rings. The third-order valence-electron chi connectivity index (χ3n) is 5.06. The van der Waals surface area contributed by atoms with Crippen LogP contribution >= 0.6 is 22.9 Å². The summed E-state index contributed by atoms with van der Waals surface area (Å²) in [5.74, 6) is 0.941. The van der Waals surface area contributed by atoms with Crippen molar-refractivity contribution in [2.75, 3.05) is 20.2 Å². The molecule has 150 valence electrons. The lowest BCUT2D eigenvalue weighted by atomic mass is 9.96. The predicted molar refractivity (Wildman–Crippen MR) is 114 cm³/mol. The number of aromatic nitrogens is 2. The Morgan fingerprint density at radius 2 is 2.21 bits per heavy atom. The van der Waals surface area contributed by atoms with E-state index in [-0.39, 0.29) is 17.4 Å². The van der Waals surface area contributed by atoms with E-state index in [0.29, 0.717) is 40.9 Å². The average Bonchev–Trinajstić information content (AvgIpc) is 3.28. The number of halogens is 1. The first-order valence-corrected chi connectivity index (χ1v) is 10.6. The summed E-state index contributed by atoms with van der Waals surface area (Å²) in [4.78, 5) is 34.7. The number of thiophene rings is 1. The number of ether oxygens (including phenoxy) is 1. The van der Waals surface area contributed by atoms with Crippen LogP contribution in [0, 0.1) is 0 Å². The van der Waals surface area contributed by atoms with Gasteiger partial charge in [0.25, 0.3) is 11.5 Å². The Kier molecular flexibility index (Phi) is 5.69. The van der Waals surface area contributed by atoms with Gasteiger partial charge in [-0.1, -0.05) is 11.6 Å². The molecule has 0 aliphatic carbocycles. The van der Waals surface area contributed by atoms with Crippen molar-refractivity contribution in [3.8, 4) is 17.0 Å². The number of methoxy groups -OCH3 is 1. The molecule has 0 radical (unpaired) electrons. The second-order valence-electron chi connectivity index (χ2n) is 6.96. The molecule has 0 saturated carbocycles. The Morgan fingerprint density at radius 3 is 2.97 bits per heavy atom. The number of nitrogens with one attached hydrogen (secondary N) is 1. The molecule has 8 heteroatoms. The van der Waals surface area contributed by atoms with Gasteiger partial charge in [-0.3, -0.25) is 9.59 Å². The van der Waals surface area contributed by atoms with Crippen LogP contribution in [0.2, 0.25) is 5.02 Å². The van der Waals surface area contributed by atoms with E-state index in [9.17, 15) is 9.59 Å². The van der Waals surface area contributed by atoms with Crippen LogP contribution in [0.5, 0.6) is 5.75 Å². The van der Waals surface area contributed by atoms with Gasteiger partial charge in [0.2, 0.25) is 0 Å². The second kappa shape index (κ2) is 8.39. The van der Waals surface area contributed by atoms with Crippen LogP contribution in [-0.4, -0.2) is 41.0 Å². The monoisotopic (exact) mass is 429 g/mol. The van der Waals surface area contributed by atoms with Crippen LogP contribution in [-0.2, 0) is 0 Å². The van der Waals surface area contributed by atoms with E-state index < -0.39 is 0 Å². The minimum atomic E-state index is -0.184. The van der Waals surface area contributed by atoms with E-state index in [4.69, 9.17) is 16.3 Å². The quantitative estimate of drug-likeness (QED) is 0.675. The third-order valence-corrected chi connectivity index (χ3v) is 5.98. The first kappa shape index (κ1) is 19.7. The number of rotatable bonds is 4. The van der Waals surface area contributed by atoms with Crippen molar-refractivity contribution < 1.29 is 9.53 Å². The third kappa shape index (κ3) is 4.21. The minimum Gasteiger partial charge on any atom is -0.496 e. The van der Waals surface area contributed by atoms with E-state index in [1.165, 1.54) is 13.2 Å². The van der Waals surface area contributed by atoms with Gasteiger partial charge >= 0.3 is 0 Å². The van der Waals surface area contributed by atoms with Crippen molar-refractivity contribution in [2.45, 2.75) is 18.8 Å². The van der Waals surface area contributed by atoms with Gasteiger partial charge < -0.3 is 14.6 Å². The fourth-order valence-electron chi connectivity index (χ4n) is 3.63. The molecule has 1 atom stereocenters. The summed E-state index contributed by atoms with van der Waals surface area (Å²) >= 11 is 7.65. The first-order chi connectivity index (χ1) is 14.0. The van der Waals surface area contributed by atoms with Gasteiger partial charge in [0, 0.05) is 41.0 Å². The summed E-state index contributed by atoms with van der Waals surface area (Å²) in [7, 11) is 1.53. The number of aromatic amines is 1. The molecule has 1 aliphatic heterocycles. The van der Waals surface area contributed by atoms with Gasteiger partial charge in [0.05, 0.1) is 18.4 Å². The van der Waals surface area contributed by atoms with Crippen molar-refractivity contribution in [3.63, 3.8) is 0 Å². The van der Waals surface area contributed by atoms with E-state index in [1.54, 1.807) is 34.4 Å². The number of carbonyl (C=O) groups is 1. The topological polar surface area (TPSA) is 75.3 Å². The smallest absolute Gasteiger partial charge is 0.257 e. The predicted octanol–water partition coefficient (Wildman–Crippen LogP) is 4.18. The molecular weight excluding hydrogens is 410 g/mol. The van der Waals surface area contributed by atoms with Crippen molar-refractivity contribution in [2.24, 2.45) is 0 Å². The summed E-state index contributed by atoms with van der Waals surface area (Å²) in [5.41, 5.74) is 1.84. The lowest BCUT2D eigenvalue weighted by Crippen LogP contribution is -2.40. The molecule has 6 nitrogen and oxygen atoms in total. The highest BCUT2D eigenvalue weighted by atomic mass is 35.5. The van der Waals surface area contributed by atoms with Gasteiger partial charge in [-0.15, -0.1) is 0 Å². The number of nitrogens with zero attached hydrogens (tertiary/aromatic N) is 2. The molecule has 2 aromatic heterocycles. The second-order valence-corrected chi connectivity index (χ2v) is 8.18. The van der Waals surface area contributed by atoms with Crippen molar-refractivity contribution in [1.29, 1.82) is 0 Å². The Hall–Kier alpha value is -2.64. The molecule has 3 heterocycles. The summed E-state index contributed by atoms with van der Waals surface area (Å²) in [6.07, 6.45) is 1.68. The molecule has 0 spiro atoms. The number of likely N-dealkylation sites (tertiary alicyclic amines) is 1. The zero-order valence-electron chi connectivity index (χ0n) is 15.9. The van der Waals surface area contributed by atoms with E-state index in [0.717, 1.165) is 18.4 Å². The van der Waals surface area contributed by atoms with Gasteiger partial charge in [-0.25, -0.2) is 4.98 Å². The van der Waals surface area contributed by atoms with Crippen LogP contribution in [0.4, 0.5) is 0 Å². The largest absolute Gasteiger partial charge is 0.496 e. The highest BCUT2D eigenvalue weighted by Crippen LogP contribution is 2.29. The van der Waals surface area contributed by atoms with Crippen LogP contribution in [0.25, 0.3) is 11.3 Å². The summed E-state index contributed by atoms with van der Waals surface area (Å²) in [6, 6.07) is 8.47. The molecule has 4 rings (SSSR count). The molecule has 0 bridgehead atoms. The number of amides is 1. The van der Waals surface area contributed by atoms with E-state index in [1.807, 2.05) is 16.8 Å². The van der Waals surface area contributed by atoms with Crippen molar-refractivity contribution in [1.82, 2.24) is 14.9 Å². The summed E-state index contributed by atoms with van der Waals surface area (Å²) in [5, 5.41) is 4.41. The number of carbonyl (C=O) groups excluding carboxylic acids is 1. The molecule has 29 heavy (non-hydrogen) atoms. The minimum absolute atomic E-state index is 0.0378. The fraction of sp³-hybridized carbons (Fsp3) is 0.286. The Labute approximate surface area is 177 Å². The number of H-pyrrole nitrogens is 1. The highest BCUT2D eigenvalue weighted by Gasteiger charge is 2.28. The van der Waals surface area contributed by atoms with Crippen molar-refractivity contribution >= 4 is 28.8 Å². The average molecular weight is 430 g/mol. The van der Waals surface area contributed by atoms with Gasteiger partial charge in [0.15, 0.2) is 0 Å². The molecular formula is C21H20ClN3O3S. The SMILES string of the molecule is COc1ccc(Cl)cc1C(=O)N1CCC[C@@H](c2nc(-c3ccsc3)cc(=O)[nH]2)C1. The van der Waals surface area contributed by atoms with E-state index in [2.05, 4.69) is 9.97 Å². The van der Waals surface area contributed by atoms with Crippen LogP contribution in [0.15, 0.2) is 45.9 Å². The molecule has 1 N–H and O–H groups in total. The maximum absolute atomic E-state index is 13.1. The highest BCUT2D eigenvalue weighted by molar-refractivity contribution is 7.08. The lowest BCUT2D eigenvalue weighted by molar-refractivity contribution is 0.0701. The number of hydrogen-bond donors (Lipinski definition) is 1. The Morgan fingerprint density at radius 1 is 1.34 bits per heavy atom. The molecule has 0 unspecified atom stereocenters.